The normalized spacial score (nSPS) is 14.0. The molecule has 0 radical (unpaired) electrons. The Morgan fingerprint density at radius 1 is 1.00 bits per heavy atom. The molecule has 0 unspecified atom stereocenters. The zero-order chi connectivity index (χ0) is 12.5. The quantitative estimate of drug-likeness (QED) is 0.773. The number of benzene rings is 2. The van der Waals surface area contributed by atoms with Crippen molar-refractivity contribution in [2.45, 2.75) is 6.42 Å². The molecule has 0 aromatic heterocycles. The average molecular weight is 236 g/mol. The number of nitrogens with zero attached hydrogens (tertiary/aromatic N) is 1. The molecule has 0 bridgehead atoms. The van der Waals surface area contributed by atoms with Gasteiger partial charge in [0.05, 0.1) is 5.71 Å². The van der Waals surface area contributed by atoms with Gasteiger partial charge in [-0.3, -0.25) is 4.79 Å². The number of nitrogens with two attached hydrogens (primary N) is 1. The largest absolute Gasteiger partial charge is 0.398 e. The van der Waals surface area contributed by atoms with Gasteiger partial charge in [-0.2, -0.15) is 0 Å². The van der Waals surface area contributed by atoms with Crippen LogP contribution < -0.4 is 5.73 Å². The molecule has 1 aliphatic rings. The van der Waals surface area contributed by atoms with E-state index < -0.39 is 0 Å². The molecule has 1 heterocycles. The molecule has 2 aromatic rings. The third-order valence-electron chi connectivity index (χ3n) is 3.13. The van der Waals surface area contributed by atoms with E-state index in [1.54, 1.807) is 12.1 Å². The number of aliphatic imine (C=N–C) groups is 1. The van der Waals surface area contributed by atoms with E-state index in [2.05, 4.69) is 4.99 Å². The van der Waals surface area contributed by atoms with Crippen LogP contribution in [0.5, 0.6) is 0 Å². The van der Waals surface area contributed by atoms with E-state index in [1.165, 1.54) is 0 Å². The first-order chi connectivity index (χ1) is 8.75. The maximum atomic E-state index is 12.0. The Labute approximate surface area is 105 Å². The minimum absolute atomic E-state index is 0.206. The monoisotopic (exact) mass is 236 g/mol. The first-order valence-electron chi connectivity index (χ1n) is 5.80. The Kier molecular flexibility index (Phi) is 2.45. The van der Waals surface area contributed by atoms with Crippen molar-refractivity contribution in [2.24, 2.45) is 4.99 Å². The van der Waals surface area contributed by atoms with Crippen LogP contribution in [0.15, 0.2) is 53.5 Å². The molecule has 1 aliphatic heterocycles. The van der Waals surface area contributed by atoms with Crippen LogP contribution in [0, 0.1) is 0 Å². The predicted octanol–water partition coefficient (Wildman–Crippen LogP) is 2.45. The van der Waals surface area contributed by atoms with Gasteiger partial charge in [0.2, 0.25) is 0 Å². The van der Waals surface area contributed by atoms with Gasteiger partial charge in [0.15, 0.2) is 0 Å². The van der Waals surface area contributed by atoms with Gasteiger partial charge >= 0.3 is 0 Å². The van der Waals surface area contributed by atoms with Gasteiger partial charge in [-0.25, -0.2) is 4.99 Å². The molecule has 2 aromatic carbocycles. The Balaban J connectivity index is 2.09. The topological polar surface area (TPSA) is 55.4 Å². The number of nitrogen functional groups attached to an aromatic ring is 1. The van der Waals surface area contributed by atoms with Gasteiger partial charge in [0.25, 0.3) is 5.91 Å². The van der Waals surface area contributed by atoms with Crippen molar-refractivity contribution in [3.05, 3.63) is 65.2 Å². The van der Waals surface area contributed by atoms with E-state index in [1.807, 2.05) is 36.4 Å². The molecule has 0 fully saturated rings. The van der Waals surface area contributed by atoms with Crippen molar-refractivity contribution in [2.75, 3.05) is 5.73 Å². The fourth-order valence-electron chi connectivity index (χ4n) is 2.19. The van der Waals surface area contributed by atoms with Crippen LogP contribution in [0.25, 0.3) is 0 Å². The summed E-state index contributed by atoms with van der Waals surface area (Å²) >= 11 is 0. The SMILES string of the molecule is Nc1cccc2c1CC(c1ccccc1)=NC2=O. The van der Waals surface area contributed by atoms with Gasteiger partial charge in [-0.15, -0.1) is 0 Å². The van der Waals surface area contributed by atoms with Crippen molar-refractivity contribution in [3.63, 3.8) is 0 Å². The van der Waals surface area contributed by atoms with Crippen molar-refractivity contribution in [1.29, 1.82) is 0 Å². The molecule has 0 saturated heterocycles. The second-order valence-electron chi connectivity index (χ2n) is 4.28. The highest BCUT2D eigenvalue weighted by Gasteiger charge is 2.21. The Bertz CT molecular complexity index is 645. The van der Waals surface area contributed by atoms with Crippen LogP contribution in [0.1, 0.15) is 21.5 Å². The second kappa shape index (κ2) is 4.11. The Morgan fingerprint density at radius 3 is 2.56 bits per heavy atom. The van der Waals surface area contributed by atoms with Gasteiger partial charge in [-0.05, 0) is 23.3 Å². The summed E-state index contributed by atoms with van der Waals surface area (Å²) in [6.45, 7) is 0. The summed E-state index contributed by atoms with van der Waals surface area (Å²) in [4.78, 5) is 16.1. The summed E-state index contributed by atoms with van der Waals surface area (Å²) in [6.07, 6.45) is 0.609. The van der Waals surface area contributed by atoms with Crippen LogP contribution in [0.3, 0.4) is 0 Å². The molecule has 88 valence electrons. The minimum Gasteiger partial charge on any atom is -0.398 e. The van der Waals surface area contributed by atoms with Crippen LogP contribution >= 0.6 is 0 Å². The van der Waals surface area contributed by atoms with Gasteiger partial charge in [-0.1, -0.05) is 36.4 Å². The third kappa shape index (κ3) is 1.70. The lowest BCUT2D eigenvalue weighted by molar-refractivity contribution is 0.100. The van der Waals surface area contributed by atoms with Crippen LogP contribution in [-0.4, -0.2) is 11.6 Å². The van der Waals surface area contributed by atoms with Gasteiger partial charge < -0.3 is 5.73 Å². The molecule has 0 aliphatic carbocycles. The van der Waals surface area contributed by atoms with E-state index >= 15 is 0 Å². The molecule has 3 nitrogen and oxygen atoms in total. The van der Waals surface area contributed by atoms with E-state index in [-0.39, 0.29) is 5.91 Å². The van der Waals surface area contributed by atoms with Gasteiger partial charge in [0.1, 0.15) is 0 Å². The van der Waals surface area contributed by atoms with Crippen molar-refractivity contribution in [1.82, 2.24) is 0 Å². The third-order valence-corrected chi connectivity index (χ3v) is 3.13. The highest BCUT2D eigenvalue weighted by atomic mass is 16.1. The van der Waals surface area contributed by atoms with Crippen molar-refractivity contribution in [3.8, 4) is 0 Å². The maximum absolute atomic E-state index is 12.0. The molecule has 0 spiro atoms. The van der Waals surface area contributed by atoms with E-state index in [0.29, 0.717) is 17.7 Å². The summed E-state index contributed by atoms with van der Waals surface area (Å²) in [5.74, 6) is -0.206. The molecule has 1 amide bonds. The number of carbonyl (C=O) groups is 1. The summed E-state index contributed by atoms with van der Waals surface area (Å²) in [5.41, 5.74) is 9.85. The van der Waals surface area contributed by atoms with Crippen LogP contribution in [0.4, 0.5) is 5.69 Å². The zero-order valence-corrected chi connectivity index (χ0v) is 9.76. The lowest BCUT2D eigenvalue weighted by Crippen LogP contribution is -2.18. The van der Waals surface area contributed by atoms with E-state index in [9.17, 15) is 4.79 Å². The number of amides is 1. The molecule has 3 heteroatoms. The van der Waals surface area contributed by atoms with Crippen molar-refractivity contribution >= 4 is 17.3 Å². The van der Waals surface area contributed by atoms with Crippen molar-refractivity contribution < 1.29 is 4.79 Å². The fourth-order valence-corrected chi connectivity index (χ4v) is 2.19. The van der Waals surface area contributed by atoms with Crippen LogP contribution in [0.2, 0.25) is 0 Å². The zero-order valence-electron chi connectivity index (χ0n) is 9.76. The first-order valence-corrected chi connectivity index (χ1v) is 5.80. The number of hydrogen-bond acceptors (Lipinski definition) is 2. The summed E-state index contributed by atoms with van der Waals surface area (Å²) in [5, 5.41) is 0. The summed E-state index contributed by atoms with van der Waals surface area (Å²) in [6, 6.07) is 15.1. The Morgan fingerprint density at radius 2 is 1.78 bits per heavy atom. The van der Waals surface area contributed by atoms with Crippen LogP contribution in [-0.2, 0) is 6.42 Å². The summed E-state index contributed by atoms with van der Waals surface area (Å²) in [7, 11) is 0. The number of rotatable bonds is 1. The molecular weight excluding hydrogens is 224 g/mol. The molecule has 2 N–H and O–H groups in total. The van der Waals surface area contributed by atoms with E-state index in [4.69, 9.17) is 5.73 Å². The minimum atomic E-state index is -0.206. The van der Waals surface area contributed by atoms with E-state index in [0.717, 1.165) is 16.8 Å². The highest BCUT2D eigenvalue weighted by molar-refractivity contribution is 6.15. The number of anilines is 1. The van der Waals surface area contributed by atoms with Gasteiger partial charge in [0, 0.05) is 17.7 Å². The summed E-state index contributed by atoms with van der Waals surface area (Å²) < 4.78 is 0. The predicted molar refractivity (Wildman–Crippen MR) is 71.9 cm³/mol. The lowest BCUT2D eigenvalue weighted by atomic mass is 9.93. The molecule has 0 saturated carbocycles. The standard InChI is InChI=1S/C15H12N2O/c16-13-8-4-7-11-12(13)9-14(17-15(11)18)10-5-2-1-3-6-10/h1-8H,9,16H2. The fraction of sp³-hybridized carbons (Fsp3) is 0.0667. The lowest BCUT2D eigenvalue weighted by Gasteiger charge is -2.16. The molecule has 0 atom stereocenters. The first kappa shape index (κ1) is 10.7. The Hall–Kier alpha value is -2.42. The molecule has 18 heavy (non-hydrogen) atoms. The molecular formula is C15H12N2O. The number of fused-ring (bicyclic) bond motifs is 1. The second-order valence-corrected chi connectivity index (χ2v) is 4.28. The smallest absolute Gasteiger partial charge is 0.277 e. The number of carbonyl (C=O) groups excluding carboxylic acids is 1. The highest BCUT2D eigenvalue weighted by Crippen LogP contribution is 2.24. The average Bonchev–Trinajstić information content (AvgIpc) is 2.41. The maximum Gasteiger partial charge on any atom is 0.277 e. The number of hydrogen-bond donors (Lipinski definition) is 1. The molecule has 3 rings (SSSR count).